The van der Waals surface area contributed by atoms with Crippen LogP contribution in [-0.2, 0) is 9.53 Å². The molecule has 1 amide bonds. The Balaban J connectivity index is 1.71. The molecule has 0 spiro atoms. The molecule has 4 rings (SSSR count). The van der Waals surface area contributed by atoms with E-state index in [2.05, 4.69) is 41.5 Å². The second-order valence-corrected chi connectivity index (χ2v) is 8.13. The van der Waals surface area contributed by atoms with Crippen LogP contribution in [0.5, 0.6) is 5.88 Å². The zero-order valence-electron chi connectivity index (χ0n) is 19.3. The molecule has 0 aliphatic carbocycles. The fourth-order valence-electron chi connectivity index (χ4n) is 3.12. The lowest BCUT2D eigenvalue weighted by atomic mass is 10.1. The number of carbonyl (C=O) groups is 1. The second-order valence-electron chi connectivity index (χ2n) is 7.72. The molecule has 0 bridgehead atoms. The van der Waals surface area contributed by atoms with Gasteiger partial charge in [0.25, 0.3) is 5.91 Å². The second kappa shape index (κ2) is 11.0. The number of hydrogen-bond donors (Lipinski definition) is 3. The number of aromatic nitrogens is 6. The summed E-state index contributed by atoms with van der Waals surface area (Å²) in [7, 11) is 0. The number of aromatic amines is 1. The summed E-state index contributed by atoms with van der Waals surface area (Å²) in [6.07, 6.45) is 2.63. The van der Waals surface area contributed by atoms with Crippen molar-refractivity contribution in [3.63, 3.8) is 0 Å². The van der Waals surface area contributed by atoms with E-state index in [9.17, 15) is 15.2 Å². The van der Waals surface area contributed by atoms with Gasteiger partial charge in [-0.15, -0.1) is 0 Å². The Morgan fingerprint density at radius 3 is 2.83 bits per heavy atom. The van der Waals surface area contributed by atoms with Gasteiger partial charge in [-0.2, -0.15) is 15.3 Å². The van der Waals surface area contributed by atoms with Gasteiger partial charge in [-0.25, -0.2) is 9.97 Å². The van der Waals surface area contributed by atoms with Crippen LogP contribution in [0.15, 0.2) is 36.8 Å². The van der Waals surface area contributed by atoms with E-state index in [1.165, 1.54) is 18.6 Å². The van der Waals surface area contributed by atoms with Crippen molar-refractivity contribution in [1.82, 2.24) is 30.1 Å². The van der Waals surface area contributed by atoms with Crippen LogP contribution < -0.4 is 10.1 Å². The van der Waals surface area contributed by atoms with Crippen LogP contribution in [0.4, 0.5) is 5.82 Å². The van der Waals surface area contributed by atoms with E-state index in [1.54, 1.807) is 32.0 Å². The number of benzene rings is 1. The SMILES string of the molecule is Cc1cnc(NC(=O)[C@H](CO[C@H](C)CO)Oc2nc(-c3c(Cl)cccc3C#N)nc3[nH]ncc23)cn1. The number of aryl methyl sites for hydroxylation is 1. The Labute approximate surface area is 210 Å². The van der Waals surface area contributed by atoms with E-state index in [4.69, 9.17) is 21.1 Å². The minimum atomic E-state index is -1.20. The highest BCUT2D eigenvalue weighted by molar-refractivity contribution is 6.33. The van der Waals surface area contributed by atoms with Gasteiger partial charge in [0.2, 0.25) is 12.0 Å². The predicted molar refractivity (Wildman–Crippen MR) is 129 cm³/mol. The van der Waals surface area contributed by atoms with E-state index < -0.39 is 18.1 Å². The number of nitriles is 1. The van der Waals surface area contributed by atoms with Crippen LogP contribution in [0.2, 0.25) is 5.02 Å². The third-order valence-electron chi connectivity index (χ3n) is 5.00. The fourth-order valence-corrected chi connectivity index (χ4v) is 3.38. The number of nitrogens with one attached hydrogen (secondary N) is 2. The van der Waals surface area contributed by atoms with Gasteiger partial charge in [0.1, 0.15) is 5.39 Å². The molecule has 2 atom stereocenters. The summed E-state index contributed by atoms with van der Waals surface area (Å²) in [4.78, 5) is 30.2. The number of fused-ring (bicyclic) bond motifs is 1. The molecule has 0 unspecified atom stereocenters. The van der Waals surface area contributed by atoms with E-state index >= 15 is 0 Å². The molecule has 3 heterocycles. The maximum absolute atomic E-state index is 13.1. The first-order valence-electron chi connectivity index (χ1n) is 10.8. The van der Waals surface area contributed by atoms with Crippen molar-refractivity contribution in [3.05, 3.63) is 53.1 Å². The van der Waals surface area contributed by atoms with Crippen LogP contribution in [0.25, 0.3) is 22.4 Å². The first-order chi connectivity index (χ1) is 17.4. The standard InChI is InChI=1S/C23H21ClN8O4/c1-12-7-27-18(9-26-12)29-22(34)17(11-35-13(2)10-33)36-23-15-8-28-32-20(15)30-21(31-23)19-14(6-25)4-3-5-16(19)24/h3-5,7-9,13,17,33H,10-11H2,1-2H3,(H,27,29,34)(H,28,30,31,32)/t13-,17+/m1/s1. The van der Waals surface area contributed by atoms with E-state index in [0.29, 0.717) is 22.3 Å². The molecular formula is C23H21ClN8O4. The number of anilines is 1. The Kier molecular flexibility index (Phi) is 7.65. The lowest BCUT2D eigenvalue weighted by Crippen LogP contribution is -2.38. The number of amides is 1. The number of ether oxygens (including phenoxy) is 2. The van der Waals surface area contributed by atoms with Gasteiger partial charge in [0.15, 0.2) is 17.3 Å². The van der Waals surface area contributed by atoms with Crippen LogP contribution in [0, 0.1) is 18.3 Å². The van der Waals surface area contributed by atoms with Gasteiger partial charge in [0, 0.05) is 0 Å². The van der Waals surface area contributed by atoms with Gasteiger partial charge in [-0.1, -0.05) is 17.7 Å². The van der Waals surface area contributed by atoms with E-state index in [0.717, 1.165) is 0 Å². The molecule has 0 aliphatic rings. The summed E-state index contributed by atoms with van der Waals surface area (Å²) in [6.45, 7) is 2.97. The molecule has 0 aliphatic heterocycles. The molecule has 3 N–H and O–H groups in total. The third kappa shape index (κ3) is 5.55. The molecule has 36 heavy (non-hydrogen) atoms. The van der Waals surface area contributed by atoms with Gasteiger partial charge in [0.05, 0.1) is 65.8 Å². The van der Waals surface area contributed by atoms with Crippen molar-refractivity contribution in [3.8, 4) is 23.3 Å². The number of carbonyl (C=O) groups excluding carboxylic acids is 1. The van der Waals surface area contributed by atoms with Crippen molar-refractivity contribution in [2.45, 2.75) is 26.1 Å². The zero-order valence-corrected chi connectivity index (χ0v) is 20.0. The molecule has 0 fully saturated rings. The van der Waals surface area contributed by atoms with Crippen molar-refractivity contribution in [2.75, 3.05) is 18.5 Å². The van der Waals surface area contributed by atoms with E-state index in [1.807, 2.05) is 0 Å². The Morgan fingerprint density at radius 2 is 2.11 bits per heavy atom. The molecular weight excluding hydrogens is 488 g/mol. The minimum Gasteiger partial charge on any atom is -0.461 e. The topological polar surface area (TPSA) is 172 Å². The summed E-state index contributed by atoms with van der Waals surface area (Å²) in [5.41, 5.74) is 1.57. The number of aliphatic hydroxyl groups excluding tert-OH is 1. The average molecular weight is 509 g/mol. The van der Waals surface area contributed by atoms with Crippen molar-refractivity contribution < 1.29 is 19.4 Å². The number of nitrogens with zero attached hydrogens (tertiary/aromatic N) is 6. The molecule has 13 heteroatoms. The first kappa shape index (κ1) is 24.9. The molecule has 0 radical (unpaired) electrons. The highest BCUT2D eigenvalue weighted by atomic mass is 35.5. The lowest BCUT2D eigenvalue weighted by molar-refractivity contribution is -0.127. The fraction of sp³-hybridized carbons (Fsp3) is 0.261. The van der Waals surface area contributed by atoms with Gasteiger partial charge in [-0.05, 0) is 26.0 Å². The molecule has 1 aromatic carbocycles. The smallest absolute Gasteiger partial charge is 0.269 e. The first-order valence-corrected chi connectivity index (χ1v) is 11.2. The van der Waals surface area contributed by atoms with Crippen molar-refractivity contribution in [1.29, 1.82) is 5.26 Å². The van der Waals surface area contributed by atoms with Gasteiger partial charge >= 0.3 is 0 Å². The number of halogens is 1. The molecule has 4 aromatic rings. The maximum atomic E-state index is 13.1. The van der Waals surface area contributed by atoms with Gasteiger partial charge < -0.3 is 19.9 Å². The largest absolute Gasteiger partial charge is 0.461 e. The summed E-state index contributed by atoms with van der Waals surface area (Å²) in [5.74, 6) is -0.230. The van der Waals surface area contributed by atoms with Crippen LogP contribution in [0.3, 0.4) is 0 Å². The van der Waals surface area contributed by atoms with Crippen LogP contribution >= 0.6 is 11.6 Å². The van der Waals surface area contributed by atoms with Crippen molar-refractivity contribution >= 4 is 34.4 Å². The summed E-state index contributed by atoms with van der Waals surface area (Å²) in [6, 6.07) is 6.92. The lowest BCUT2D eigenvalue weighted by Gasteiger charge is -2.20. The Hall–Kier alpha value is -4.18. The Morgan fingerprint density at radius 1 is 1.28 bits per heavy atom. The monoisotopic (exact) mass is 508 g/mol. The predicted octanol–water partition coefficient (Wildman–Crippen LogP) is 2.43. The number of hydrogen-bond acceptors (Lipinski definition) is 10. The quantitative estimate of drug-likeness (QED) is 0.304. The number of aliphatic hydroxyl groups is 1. The zero-order chi connectivity index (χ0) is 25.7. The molecule has 12 nitrogen and oxygen atoms in total. The molecule has 184 valence electrons. The average Bonchev–Trinajstić information content (AvgIpc) is 3.36. The van der Waals surface area contributed by atoms with Crippen LogP contribution in [0.1, 0.15) is 18.2 Å². The number of rotatable bonds is 9. The molecule has 0 saturated heterocycles. The molecule has 0 saturated carbocycles. The minimum absolute atomic E-state index is 0.0166. The normalized spacial score (nSPS) is 12.6. The van der Waals surface area contributed by atoms with Crippen LogP contribution in [-0.4, -0.2) is 66.6 Å². The third-order valence-corrected chi connectivity index (χ3v) is 5.32. The maximum Gasteiger partial charge on any atom is 0.269 e. The highest BCUT2D eigenvalue weighted by Crippen LogP contribution is 2.32. The summed E-state index contributed by atoms with van der Waals surface area (Å²) < 4.78 is 11.6. The van der Waals surface area contributed by atoms with E-state index in [-0.39, 0.29) is 41.3 Å². The summed E-state index contributed by atoms with van der Waals surface area (Å²) in [5, 5.41) is 28.9. The summed E-state index contributed by atoms with van der Waals surface area (Å²) >= 11 is 6.36. The highest BCUT2D eigenvalue weighted by Gasteiger charge is 2.26. The molecule has 3 aromatic heterocycles. The van der Waals surface area contributed by atoms with Gasteiger partial charge in [-0.3, -0.25) is 14.9 Å². The number of H-pyrrole nitrogens is 1. The Bertz CT molecular complexity index is 1420. The van der Waals surface area contributed by atoms with Crippen molar-refractivity contribution in [2.24, 2.45) is 0 Å².